The number of ether oxygens (including phenoxy) is 4. The van der Waals surface area contributed by atoms with E-state index >= 15 is 0 Å². The maximum atomic E-state index is 12.7. The molecule has 0 unspecified atom stereocenters. The number of hydrogen-bond donors (Lipinski definition) is 1. The molecule has 0 amide bonds. The Morgan fingerprint density at radius 2 is 1.89 bits per heavy atom. The minimum atomic E-state index is -0.352. The number of hydrogen-bond acceptors (Lipinski definition) is 6. The van der Waals surface area contributed by atoms with Crippen molar-refractivity contribution in [1.29, 1.82) is 0 Å². The quantitative estimate of drug-likeness (QED) is 0.458. The summed E-state index contributed by atoms with van der Waals surface area (Å²) in [4.78, 5) is 12.7. The van der Waals surface area contributed by atoms with E-state index < -0.39 is 0 Å². The molecule has 0 spiro atoms. The number of Topliss-reactive ketones (excluding diaryl/α,β-unsaturated/α-hetero) is 1. The topological polar surface area (TPSA) is 80.0 Å². The summed E-state index contributed by atoms with van der Waals surface area (Å²) in [5.41, 5.74) is 7.30. The first kappa shape index (κ1) is 18.9. The summed E-state index contributed by atoms with van der Waals surface area (Å²) in [6, 6.07) is 8.26. The largest absolute Gasteiger partial charge is 0.496 e. The molecular weight excluding hydrogens is 370 g/mol. The van der Waals surface area contributed by atoms with Gasteiger partial charge in [-0.05, 0) is 37.3 Å². The molecule has 1 aliphatic rings. The molecule has 0 saturated carbocycles. The predicted octanol–water partition coefficient (Wildman–Crippen LogP) is 3.91. The first-order chi connectivity index (χ1) is 13.0. The molecule has 0 atom stereocenters. The lowest BCUT2D eigenvalue weighted by molar-refractivity contribution is 0.104. The van der Waals surface area contributed by atoms with Crippen molar-refractivity contribution in [2.24, 2.45) is 0 Å². The van der Waals surface area contributed by atoms with E-state index in [-0.39, 0.29) is 10.8 Å². The Balaban J connectivity index is 1.93. The van der Waals surface area contributed by atoms with Gasteiger partial charge in [0.05, 0.1) is 24.4 Å². The average Bonchev–Trinajstić information content (AvgIpc) is 2.68. The van der Waals surface area contributed by atoms with E-state index in [1.165, 1.54) is 13.2 Å². The summed E-state index contributed by atoms with van der Waals surface area (Å²) in [5.74, 6) is 1.80. The van der Waals surface area contributed by atoms with Crippen LogP contribution in [0.2, 0.25) is 0 Å². The van der Waals surface area contributed by atoms with Gasteiger partial charge in [-0.1, -0.05) is 11.6 Å². The number of halogens is 1. The molecule has 0 radical (unpaired) electrons. The summed E-state index contributed by atoms with van der Waals surface area (Å²) in [7, 11) is 1.53. The molecule has 0 saturated heterocycles. The Bertz CT molecular complexity index is 894. The first-order valence-corrected chi connectivity index (χ1v) is 8.83. The number of nitrogens with two attached hydrogens (primary N) is 1. The van der Waals surface area contributed by atoms with Gasteiger partial charge >= 0.3 is 0 Å². The monoisotopic (exact) mass is 389 g/mol. The van der Waals surface area contributed by atoms with Gasteiger partial charge in [0, 0.05) is 17.2 Å². The van der Waals surface area contributed by atoms with E-state index in [2.05, 4.69) is 0 Å². The molecule has 0 aromatic heterocycles. The van der Waals surface area contributed by atoms with Crippen molar-refractivity contribution in [2.75, 3.05) is 32.7 Å². The molecule has 0 aliphatic carbocycles. The predicted molar refractivity (Wildman–Crippen MR) is 104 cm³/mol. The second-order valence-electron chi connectivity index (χ2n) is 5.74. The van der Waals surface area contributed by atoms with Gasteiger partial charge in [0.1, 0.15) is 24.7 Å². The molecule has 6 nitrogen and oxygen atoms in total. The smallest absolute Gasteiger partial charge is 0.204 e. The van der Waals surface area contributed by atoms with Gasteiger partial charge in [-0.3, -0.25) is 4.79 Å². The van der Waals surface area contributed by atoms with E-state index in [1.54, 1.807) is 30.3 Å². The van der Waals surface area contributed by atoms with E-state index in [4.69, 9.17) is 36.3 Å². The lowest BCUT2D eigenvalue weighted by atomic mass is 10.1. The molecule has 2 aromatic rings. The fourth-order valence-electron chi connectivity index (χ4n) is 2.67. The summed E-state index contributed by atoms with van der Waals surface area (Å²) in [6.07, 6.45) is 1.54. The van der Waals surface area contributed by atoms with Crippen LogP contribution < -0.4 is 24.7 Å². The van der Waals surface area contributed by atoms with Crippen molar-refractivity contribution in [2.45, 2.75) is 6.92 Å². The molecule has 1 heterocycles. The van der Waals surface area contributed by atoms with Gasteiger partial charge in [-0.25, -0.2) is 0 Å². The lowest BCUT2D eigenvalue weighted by Gasteiger charge is -2.20. The fourth-order valence-corrected chi connectivity index (χ4v) is 2.90. The number of carbonyl (C=O) groups excluding carboxylic acids is 1. The SMILES string of the molecule is CCOc1cc(C(=O)C(Cl)=Cc2cc3c(cc2OC)OCCO3)ccc1N. The standard InChI is InChI=1S/C20H20ClNO5/c1-3-25-17-9-12(4-5-15(17)22)20(23)14(21)8-13-10-18-19(11-16(13)24-2)27-7-6-26-18/h4-5,8-11H,3,6-7,22H2,1-2H3. The van der Waals surface area contributed by atoms with Crippen LogP contribution >= 0.6 is 11.6 Å². The van der Waals surface area contributed by atoms with E-state index in [0.717, 1.165) is 0 Å². The molecule has 27 heavy (non-hydrogen) atoms. The molecule has 0 bridgehead atoms. The molecule has 1 aliphatic heterocycles. The highest BCUT2D eigenvalue weighted by Gasteiger charge is 2.18. The van der Waals surface area contributed by atoms with Crippen LogP contribution in [0.15, 0.2) is 35.4 Å². The van der Waals surface area contributed by atoms with E-state index in [9.17, 15) is 4.79 Å². The van der Waals surface area contributed by atoms with Gasteiger partial charge in [-0.2, -0.15) is 0 Å². The average molecular weight is 390 g/mol. The van der Waals surface area contributed by atoms with Crippen molar-refractivity contribution in [3.63, 3.8) is 0 Å². The van der Waals surface area contributed by atoms with Crippen molar-refractivity contribution in [3.05, 3.63) is 46.5 Å². The summed E-state index contributed by atoms with van der Waals surface area (Å²) >= 11 is 6.29. The number of ketones is 1. The number of allylic oxidation sites excluding steroid dienone is 1. The van der Waals surface area contributed by atoms with Gasteiger partial charge in [0.25, 0.3) is 0 Å². The molecule has 0 fully saturated rings. The van der Waals surface area contributed by atoms with Crippen LogP contribution in [0.4, 0.5) is 5.69 Å². The Labute approximate surface area is 162 Å². The van der Waals surface area contributed by atoms with Crippen molar-refractivity contribution < 1.29 is 23.7 Å². The summed E-state index contributed by atoms with van der Waals surface area (Å²) in [6.45, 7) is 3.22. The molecule has 142 valence electrons. The number of fused-ring (bicyclic) bond motifs is 1. The lowest BCUT2D eigenvalue weighted by Crippen LogP contribution is -2.15. The minimum absolute atomic E-state index is 0.0252. The van der Waals surface area contributed by atoms with Crippen LogP contribution in [0.1, 0.15) is 22.8 Å². The van der Waals surface area contributed by atoms with Crippen molar-refractivity contribution >= 4 is 29.1 Å². The highest BCUT2D eigenvalue weighted by atomic mass is 35.5. The van der Waals surface area contributed by atoms with E-state index in [0.29, 0.717) is 59.6 Å². The van der Waals surface area contributed by atoms with Gasteiger partial charge in [0.2, 0.25) is 5.78 Å². The number of anilines is 1. The second kappa shape index (κ2) is 8.22. The second-order valence-corrected chi connectivity index (χ2v) is 6.15. The van der Waals surface area contributed by atoms with Crippen molar-refractivity contribution in [1.82, 2.24) is 0 Å². The highest BCUT2D eigenvalue weighted by Crippen LogP contribution is 2.38. The Morgan fingerprint density at radius 1 is 1.19 bits per heavy atom. The minimum Gasteiger partial charge on any atom is -0.496 e. The molecule has 7 heteroatoms. The first-order valence-electron chi connectivity index (χ1n) is 8.45. The van der Waals surface area contributed by atoms with Gasteiger partial charge < -0.3 is 24.7 Å². The Kier molecular flexibility index (Phi) is 5.76. The van der Waals surface area contributed by atoms with E-state index in [1.807, 2.05) is 6.92 Å². The van der Waals surface area contributed by atoms with Crippen LogP contribution in [0, 0.1) is 0 Å². The van der Waals surface area contributed by atoms with Gasteiger partial charge in [0.15, 0.2) is 11.5 Å². The Hall–Kier alpha value is -2.86. The zero-order chi connectivity index (χ0) is 19.4. The fraction of sp³-hybridized carbons (Fsp3) is 0.250. The molecular formula is C20H20ClNO5. The Morgan fingerprint density at radius 3 is 2.56 bits per heavy atom. The zero-order valence-electron chi connectivity index (χ0n) is 15.1. The van der Waals surface area contributed by atoms with Crippen LogP contribution in [-0.2, 0) is 0 Å². The van der Waals surface area contributed by atoms with Crippen LogP contribution in [0.3, 0.4) is 0 Å². The van der Waals surface area contributed by atoms with Crippen LogP contribution in [0.25, 0.3) is 6.08 Å². The summed E-state index contributed by atoms with van der Waals surface area (Å²) in [5, 5.41) is 0.0252. The number of methoxy groups -OCH3 is 1. The number of benzene rings is 2. The number of carbonyl (C=O) groups is 1. The highest BCUT2D eigenvalue weighted by molar-refractivity contribution is 6.47. The molecule has 2 N–H and O–H groups in total. The maximum absolute atomic E-state index is 12.7. The normalized spacial score (nSPS) is 13.2. The number of nitrogen functional groups attached to an aromatic ring is 1. The van der Waals surface area contributed by atoms with Crippen LogP contribution in [-0.4, -0.2) is 32.7 Å². The third-order valence-corrected chi connectivity index (χ3v) is 4.25. The third kappa shape index (κ3) is 4.11. The van der Waals surface area contributed by atoms with Crippen molar-refractivity contribution in [3.8, 4) is 23.0 Å². The summed E-state index contributed by atoms with van der Waals surface area (Å²) < 4.78 is 21.9. The molecule has 3 rings (SSSR count). The third-order valence-electron chi connectivity index (χ3n) is 3.97. The zero-order valence-corrected chi connectivity index (χ0v) is 15.8. The number of rotatable bonds is 6. The molecule has 2 aromatic carbocycles. The van der Waals surface area contributed by atoms with Gasteiger partial charge in [-0.15, -0.1) is 0 Å². The van der Waals surface area contributed by atoms with Crippen LogP contribution in [0.5, 0.6) is 23.0 Å². The maximum Gasteiger partial charge on any atom is 0.204 e.